The molecule has 34 heavy (non-hydrogen) atoms. The molecule has 0 amide bonds. The van der Waals surface area contributed by atoms with Gasteiger partial charge in [0.05, 0.1) is 11.7 Å². The Hall–Kier alpha value is -4.31. The second-order valence-electron chi connectivity index (χ2n) is 8.13. The zero-order valence-electron chi connectivity index (χ0n) is 18.6. The number of rotatable bonds is 5. The van der Waals surface area contributed by atoms with E-state index in [4.69, 9.17) is 9.72 Å². The normalized spacial score (nSPS) is 14.0. The Morgan fingerprint density at radius 1 is 1.03 bits per heavy atom. The Balaban J connectivity index is 1.25. The molecule has 1 aromatic carbocycles. The fourth-order valence-corrected chi connectivity index (χ4v) is 4.02. The Labute approximate surface area is 195 Å². The number of hydrogen-bond acceptors (Lipinski definition) is 9. The third kappa shape index (κ3) is 3.95. The van der Waals surface area contributed by atoms with Crippen molar-refractivity contribution in [3.63, 3.8) is 0 Å². The van der Waals surface area contributed by atoms with E-state index < -0.39 is 0 Å². The van der Waals surface area contributed by atoms with Crippen LogP contribution in [-0.2, 0) is 0 Å². The van der Waals surface area contributed by atoms with Crippen molar-refractivity contribution < 1.29 is 4.74 Å². The molecule has 1 aliphatic rings. The third-order valence-electron chi connectivity index (χ3n) is 5.80. The van der Waals surface area contributed by atoms with Gasteiger partial charge in [-0.1, -0.05) is 0 Å². The molecule has 5 heterocycles. The van der Waals surface area contributed by atoms with Crippen LogP contribution in [0.5, 0.6) is 11.5 Å². The second kappa shape index (κ2) is 8.56. The van der Waals surface area contributed by atoms with Crippen molar-refractivity contribution in [2.75, 3.05) is 36.4 Å². The molecular weight excluding hydrogens is 430 g/mol. The highest BCUT2D eigenvalue weighted by atomic mass is 16.5. The van der Waals surface area contributed by atoms with E-state index in [0.717, 1.165) is 54.4 Å². The maximum absolute atomic E-state index is 6.12. The molecule has 2 N–H and O–H groups in total. The lowest BCUT2D eigenvalue weighted by Crippen LogP contribution is -2.44. The number of benzene rings is 1. The van der Waals surface area contributed by atoms with Gasteiger partial charge in [-0.25, -0.2) is 24.5 Å². The van der Waals surface area contributed by atoms with E-state index in [9.17, 15) is 0 Å². The molecule has 10 heteroatoms. The summed E-state index contributed by atoms with van der Waals surface area (Å²) in [6, 6.07) is 11.7. The summed E-state index contributed by atoms with van der Waals surface area (Å²) in [5, 5.41) is 11.0. The molecule has 0 unspecified atom stereocenters. The molecular formula is C24H23N9O. The Morgan fingerprint density at radius 2 is 1.94 bits per heavy atom. The number of fused-ring (bicyclic) bond motifs is 2. The minimum Gasteiger partial charge on any atom is -0.457 e. The molecule has 0 radical (unpaired) electrons. The summed E-state index contributed by atoms with van der Waals surface area (Å²) < 4.78 is 7.92. The summed E-state index contributed by atoms with van der Waals surface area (Å²) in [6.45, 7) is 5.59. The number of ether oxygens (including phenoxy) is 1. The smallest absolute Gasteiger partial charge is 0.226 e. The maximum Gasteiger partial charge on any atom is 0.226 e. The Kier molecular flexibility index (Phi) is 5.11. The lowest BCUT2D eigenvalue weighted by atomic mass is 10.2. The zero-order chi connectivity index (χ0) is 22.9. The quantitative estimate of drug-likeness (QED) is 0.414. The van der Waals surface area contributed by atoms with Crippen LogP contribution in [0.2, 0.25) is 0 Å². The van der Waals surface area contributed by atoms with Gasteiger partial charge in [0.15, 0.2) is 5.82 Å². The van der Waals surface area contributed by atoms with Crippen molar-refractivity contribution >= 4 is 34.0 Å². The molecule has 6 rings (SSSR count). The number of aryl methyl sites for hydroxylation is 1. The number of anilines is 3. The topological polar surface area (TPSA) is 105 Å². The molecule has 0 aliphatic carbocycles. The van der Waals surface area contributed by atoms with Crippen LogP contribution in [-0.4, -0.2) is 55.7 Å². The van der Waals surface area contributed by atoms with E-state index in [1.165, 1.54) is 6.33 Å². The predicted molar refractivity (Wildman–Crippen MR) is 130 cm³/mol. The first kappa shape index (κ1) is 20.3. The van der Waals surface area contributed by atoms with Crippen molar-refractivity contribution in [1.29, 1.82) is 0 Å². The van der Waals surface area contributed by atoms with Crippen LogP contribution in [0.15, 0.2) is 61.3 Å². The molecule has 10 nitrogen and oxygen atoms in total. The van der Waals surface area contributed by atoms with Crippen LogP contribution in [0, 0.1) is 6.92 Å². The van der Waals surface area contributed by atoms with Gasteiger partial charge in [-0.3, -0.25) is 0 Å². The first-order valence-electron chi connectivity index (χ1n) is 11.2. The highest BCUT2D eigenvalue weighted by Gasteiger charge is 2.16. The van der Waals surface area contributed by atoms with Crippen molar-refractivity contribution in [3.8, 4) is 11.5 Å². The van der Waals surface area contributed by atoms with Crippen molar-refractivity contribution in [2.24, 2.45) is 0 Å². The van der Waals surface area contributed by atoms with E-state index in [-0.39, 0.29) is 0 Å². The van der Waals surface area contributed by atoms with Crippen LogP contribution < -0.4 is 20.3 Å². The van der Waals surface area contributed by atoms with Gasteiger partial charge in [0.2, 0.25) is 5.95 Å². The van der Waals surface area contributed by atoms with Gasteiger partial charge in [-0.05, 0) is 42.8 Å². The van der Waals surface area contributed by atoms with Crippen molar-refractivity contribution in [2.45, 2.75) is 6.92 Å². The largest absolute Gasteiger partial charge is 0.457 e. The van der Waals surface area contributed by atoms with Gasteiger partial charge in [-0.2, -0.15) is 5.10 Å². The zero-order valence-corrected chi connectivity index (χ0v) is 18.6. The molecule has 1 saturated heterocycles. The lowest BCUT2D eigenvalue weighted by Gasteiger charge is -2.27. The van der Waals surface area contributed by atoms with E-state index in [1.807, 2.05) is 49.5 Å². The van der Waals surface area contributed by atoms with Gasteiger partial charge in [0.1, 0.15) is 28.9 Å². The highest BCUT2D eigenvalue weighted by molar-refractivity contribution is 5.87. The third-order valence-corrected chi connectivity index (χ3v) is 5.80. The summed E-state index contributed by atoms with van der Waals surface area (Å²) in [5.74, 6) is 2.88. The van der Waals surface area contributed by atoms with Gasteiger partial charge in [-0.15, -0.1) is 0 Å². The monoisotopic (exact) mass is 453 g/mol. The molecule has 0 spiro atoms. The fourth-order valence-electron chi connectivity index (χ4n) is 4.02. The van der Waals surface area contributed by atoms with Crippen LogP contribution in [0.3, 0.4) is 0 Å². The van der Waals surface area contributed by atoms with E-state index in [2.05, 4.69) is 35.6 Å². The summed E-state index contributed by atoms with van der Waals surface area (Å²) in [5.41, 5.74) is 4.25. The minimum atomic E-state index is 0.642. The molecule has 4 aromatic heterocycles. The molecule has 1 fully saturated rings. The number of hydrogen-bond donors (Lipinski definition) is 2. The predicted octanol–water partition coefficient (Wildman–Crippen LogP) is 3.32. The average Bonchev–Trinajstić information content (AvgIpc) is 3.34. The molecule has 1 aliphatic heterocycles. The maximum atomic E-state index is 6.12. The molecule has 0 atom stereocenters. The summed E-state index contributed by atoms with van der Waals surface area (Å²) in [4.78, 5) is 20.2. The Morgan fingerprint density at radius 3 is 2.82 bits per heavy atom. The summed E-state index contributed by atoms with van der Waals surface area (Å²) in [6.07, 6.45) is 6.92. The van der Waals surface area contributed by atoms with Gasteiger partial charge < -0.3 is 20.3 Å². The van der Waals surface area contributed by atoms with E-state index in [1.54, 1.807) is 16.9 Å². The molecule has 0 bridgehead atoms. The lowest BCUT2D eigenvalue weighted by molar-refractivity contribution is 0.478. The average molecular weight is 454 g/mol. The van der Waals surface area contributed by atoms with Crippen LogP contribution >= 0.6 is 0 Å². The number of nitrogens with zero attached hydrogens (tertiary/aromatic N) is 7. The number of nitrogens with one attached hydrogen (secondary N) is 2. The van der Waals surface area contributed by atoms with Crippen LogP contribution in [0.1, 0.15) is 5.56 Å². The Bertz CT molecular complexity index is 1480. The van der Waals surface area contributed by atoms with Crippen LogP contribution in [0.4, 0.5) is 17.5 Å². The van der Waals surface area contributed by atoms with Crippen molar-refractivity contribution in [3.05, 3.63) is 66.9 Å². The van der Waals surface area contributed by atoms with Gasteiger partial charge in [0, 0.05) is 50.3 Å². The van der Waals surface area contributed by atoms with E-state index >= 15 is 0 Å². The fraction of sp³-hybridized carbons (Fsp3) is 0.208. The van der Waals surface area contributed by atoms with Gasteiger partial charge >= 0.3 is 0 Å². The first-order chi connectivity index (χ1) is 16.7. The minimum absolute atomic E-state index is 0.642. The summed E-state index contributed by atoms with van der Waals surface area (Å²) >= 11 is 0. The first-order valence-corrected chi connectivity index (χ1v) is 11.2. The van der Waals surface area contributed by atoms with Crippen LogP contribution in [0.25, 0.3) is 16.6 Å². The molecule has 5 aromatic rings. The second-order valence-corrected chi connectivity index (χ2v) is 8.13. The standard InChI is InChI=1S/C24H23N9O/c1-16-12-17(2-3-21(16)34-19-5-9-33-18(13-19)4-6-29-33)30-23-22-20(27-15-28-23)14-26-24(31-22)32-10-7-25-8-11-32/h2-6,9,12-15,25H,7-8,10-11H2,1H3,(H,27,28,30). The van der Waals surface area contributed by atoms with E-state index in [0.29, 0.717) is 22.8 Å². The van der Waals surface area contributed by atoms with Crippen molar-refractivity contribution in [1.82, 2.24) is 34.9 Å². The molecule has 170 valence electrons. The van der Waals surface area contributed by atoms with Gasteiger partial charge in [0.25, 0.3) is 0 Å². The number of piperazine rings is 1. The SMILES string of the molecule is Cc1cc(Nc2ncnc3cnc(N4CCNCC4)nc23)ccc1Oc1ccn2nccc2c1. The number of pyridine rings is 1. The highest BCUT2D eigenvalue weighted by Crippen LogP contribution is 2.30. The number of aromatic nitrogens is 6. The molecule has 0 saturated carbocycles. The summed E-state index contributed by atoms with van der Waals surface area (Å²) in [7, 11) is 0.